The number of carboxylic acids is 1. The summed E-state index contributed by atoms with van der Waals surface area (Å²) in [7, 11) is -3.40. The third-order valence-electron chi connectivity index (χ3n) is 4.41. The number of carbonyl (C=O) groups is 1. The molecule has 1 N–H and O–H groups in total. The van der Waals surface area contributed by atoms with Crippen molar-refractivity contribution in [3.63, 3.8) is 0 Å². The van der Waals surface area contributed by atoms with Crippen LogP contribution in [0.5, 0.6) is 0 Å². The third-order valence-corrected chi connectivity index (χ3v) is 7.15. The molecule has 1 saturated heterocycles. The minimum atomic E-state index is -3.40. The van der Waals surface area contributed by atoms with E-state index in [9.17, 15) is 18.3 Å². The van der Waals surface area contributed by atoms with E-state index in [1.165, 1.54) is 18.2 Å². The number of rotatable bonds is 5. The second kappa shape index (κ2) is 6.86. The highest BCUT2D eigenvalue weighted by molar-refractivity contribution is 7.92. The van der Waals surface area contributed by atoms with Crippen LogP contribution in [-0.2, 0) is 19.4 Å². The molecule has 1 saturated carbocycles. The average Bonchev–Trinajstić information content (AvgIpc) is 3.38. The van der Waals surface area contributed by atoms with Crippen molar-refractivity contribution >= 4 is 33.0 Å². The first-order valence-electron chi connectivity index (χ1n) is 7.96. The molecule has 2 aliphatic rings. The van der Waals surface area contributed by atoms with Gasteiger partial charge in [-0.1, -0.05) is 23.7 Å². The Kier molecular flexibility index (Phi) is 4.99. The Balaban J connectivity index is 1.93. The summed E-state index contributed by atoms with van der Waals surface area (Å²) in [5, 5.41) is 9.25. The van der Waals surface area contributed by atoms with Crippen LogP contribution < -0.4 is 0 Å². The molecule has 3 rings (SSSR count). The molecule has 2 fully saturated rings. The molecule has 0 bridgehead atoms. The maximum atomic E-state index is 12.3. The topological polar surface area (TPSA) is 80.7 Å². The molecule has 24 heavy (non-hydrogen) atoms. The summed E-state index contributed by atoms with van der Waals surface area (Å²) in [5.74, 6) is -0.908. The van der Waals surface area contributed by atoms with Gasteiger partial charge in [-0.05, 0) is 49.3 Å². The lowest BCUT2D eigenvalue weighted by atomic mass is 9.94. The quantitative estimate of drug-likeness (QED) is 0.805. The third kappa shape index (κ3) is 3.66. The zero-order chi connectivity index (χ0) is 17.3. The number of allylic oxidation sites excluding steroid dienone is 1. The molecule has 0 spiro atoms. The SMILES string of the molecule is O=C(O)/C(=C/C1CCOCC1)c1ccc(S(=O)(=O)C2CC2)c(Cl)c1. The van der Waals surface area contributed by atoms with Crippen molar-refractivity contribution in [2.24, 2.45) is 5.92 Å². The maximum absolute atomic E-state index is 12.3. The van der Waals surface area contributed by atoms with Crippen molar-refractivity contribution in [3.8, 4) is 0 Å². The molecule has 1 aromatic rings. The molecule has 130 valence electrons. The Hall–Kier alpha value is -1.37. The molecule has 0 amide bonds. The van der Waals surface area contributed by atoms with E-state index in [0.29, 0.717) is 31.6 Å². The molecule has 7 heteroatoms. The van der Waals surface area contributed by atoms with Crippen LogP contribution in [0, 0.1) is 5.92 Å². The predicted molar refractivity (Wildman–Crippen MR) is 90.8 cm³/mol. The fourth-order valence-electron chi connectivity index (χ4n) is 2.87. The van der Waals surface area contributed by atoms with Crippen molar-refractivity contribution in [2.45, 2.75) is 35.8 Å². The molecule has 0 aromatic heterocycles. The number of ether oxygens (including phenoxy) is 1. The lowest BCUT2D eigenvalue weighted by Gasteiger charge is -2.19. The first-order valence-corrected chi connectivity index (χ1v) is 9.88. The van der Waals surface area contributed by atoms with E-state index >= 15 is 0 Å². The van der Waals surface area contributed by atoms with Gasteiger partial charge in [0.15, 0.2) is 9.84 Å². The molecule has 1 heterocycles. The van der Waals surface area contributed by atoms with Crippen LogP contribution in [0.2, 0.25) is 5.02 Å². The molecule has 1 aliphatic heterocycles. The number of halogens is 1. The van der Waals surface area contributed by atoms with Crippen molar-refractivity contribution < 1.29 is 23.1 Å². The van der Waals surface area contributed by atoms with Crippen LogP contribution in [0.1, 0.15) is 31.2 Å². The fourth-order valence-corrected chi connectivity index (χ4v) is 5.07. The minimum Gasteiger partial charge on any atom is -0.478 e. The van der Waals surface area contributed by atoms with Crippen LogP contribution in [0.15, 0.2) is 29.2 Å². The lowest BCUT2D eigenvalue weighted by molar-refractivity contribution is -0.130. The lowest BCUT2D eigenvalue weighted by Crippen LogP contribution is -2.15. The summed E-state index contributed by atoms with van der Waals surface area (Å²) in [6.45, 7) is 1.24. The number of hydrogen-bond donors (Lipinski definition) is 1. The van der Waals surface area contributed by atoms with Crippen LogP contribution in [0.3, 0.4) is 0 Å². The largest absolute Gasteiger partial charge is 0.478 e. The number of benzene rings is 1. The van der Waals surface area contributed by atoms with Crippen LogP contribution in [0.25, 0.3) is 5.57 Å². The number of aliphatic carboxylic acids is 1. The Morgan fingerprint density at radius 2 is 1.88 bits per heavy atom. The van der Waals surface area contributed by atoms with E-state index in [1.54, 1.807) is 6.08 Å². The van der Waals surface area contributed by atoms with Crippen LogP contribution >= 0.6 is 11.6 Å². The van der Waals surface area contributed by atoms with Gasteiger partial charge in [0.05, 0.1) is 20.7 Å². The van der Waals surface area contributed by atoms with Gasteiger partial charge in [-0.15, -0.1) is 0 Å². The molecule has 1 aromatic carbocycles. The van der Waals surface area contributed by atoms with Gasteiger partial charge in [0.2, 0.25) is 0 Å². The van der Waals surface area contributed by atoms with E-state index in [4.69, 9.17) is 16.3 Å². The van der Waals surface area contributed by atoms with Gasteiger partial charge in [-0.2, -0.15) is 0 Å². The normalized spacial score (nSPS) is 20.1. The van der Waals surface area contributed by atoms with Crippen molar-refractivity contribution in [2.75, 3.05) is 13.2 Å². The fraction of sp³-hybridized carbons (Fsp3) is 0.471. The van der Waals surface area contributed by atoms with E-state index < -0.39 is 15.8 Å². The van der Waals surface area contributed by atoms with E-state index in [0.717, 1.165) is 12.8 Å². The second-order valence-electron chi connectivity index (χ2n) is 6.22. The molecule has 0 atom stereocenters. The van der Waals surface area contributed by atoms with Gasteiger partial charge in [-0.3, -0.25) is 0 Å². The van der Waals surface area contributed by atoms with Crippen LogP contribution in [0.4, 0.5) is 0 Å². The van der Waals surface area contributed by atoms with Gasteiger partial charge in [-0.25, -0.2) is 13.2 Å². The smallest absolute Gasteiger partial charge is 0.335 e. The predicted octanol–water partition coefficient (Wildman–Crippen LogP) is 3.17. The minimum absolute atomic E-state index is 0.0820. The van der Waals surface area contributed by atoms with E-state index in [2.05, 4.69) is 0 Å². The van der Waals surface area contributed by atoms with E-state index in [1.807, 2.05) is 0 Å². The molecular formula is C17H19ClO5S. The first kappa shape index (κ1) is 17.5. The summed E-state index contributed by atoms with van der Waals surface area (Å²) < 4.78 is 29.9. The summed E-state index contributed by atoms with van der Waals surface area (Å²) >= 11 is 6.16. The van der Waals surface area contributed by atoms with Gasteiger partial charge in [0, 0.05) is 13.2 Å². The highest BCUT2D eigenvalue weighted by Crippen LogP contribution is 2.37. The summed E-state index contributed by atoms with van der Waals surface area (Å²) in [6, 6.07) is 4.39. The molecular weight excluding hydrogens is 352 g/mol. The van der Waals surface area contributed by atoms with E-state index in [-0.39, 0.29) is 26.7 Å². The summed E-state index contributed by atoms with van der Waals surface area (Å²) in [5.41, 5.74) is 0.577. The Labute approximate surface area is 146 Å². The number of sulfone groups is 1. The van der Waals surface area contributed by atoms with Gasteiger partial charge >= 0.3 is 5.97 Å². The van der Waals surface area contributed by atoms with Crippen LogP contribution in [-0.4, -0.2) is 38.0 Å². The zero-order valence-corrected chi connectivity index (χ0v) is 14.6. The zero-order valence-electron chi connectivity index (χ0n) is 13.1. The summed E-state index contributed by atoms with van der Waals surface area (Å²) in [4.78, 5) is 11.7. The highest BCUT2D eigenvalue weighted by atomic mass is 35.5. The Morgan fingerprint density at radius 3 is 2.42 bits per heavy atom. The van der Waals surface area contributed by atoms with Crippen molar-refractivity contribution in [1.82, 2.24) is 0 Å². The average molecular weight is 371 g/mol. The molecule has 5 nitrogen and oxygen atoms in total. The maximum Gasteiger partial charge on any atom is 0.335 e. The standard InChI is InChI=1S/C17H19ClO5S/c18-15-10-12(1-4-16(15)24(21,22)13-2-3-13)14(17(19)20)9-11-5-7-23-8-6-11/h1,4,9-11,13H,2-3,5-8H2,(H,19,20)/b14-9+. The van der Waals surface area contributed by atoms with Gasteiger partial charge in [0.25, 0.3) is 0 Å². The Morgan fingerprint density at radius 1 is 1.21 bits per heavy atom. The molecule has 0 unspecified atom stereocenters. The Bertz CT molecular complexity index is 774. The monoisotopic (exact) mass is 370 g/mol. The highest BCUT2D eigenvalue weighted by Gasteiger charge is 2.38. The van der Waals surface area contributed by atoms with Gasteiger partial charge < -0.3 is 9.84 Å². The first-order chi connectivity index (χ1) is 11.4. The molecule has 0 radical (unpaired) electrons. The van der Waals surface area contributed by atoms with Crippen molar-refractivity contribution in [3.05, 3.63) is 34.9 Å². The van der Waals surface area contributed by atoms with Gasteiger partial charge in [0.1, 0.15) is 0 Å². The number of hydrogen-bond acceptors (Lipinski definition) is 4. The number of carboxylic acid groups (broad SMARTS) is 1. The second-order valence-corrected chi connectivity index (χ2v) is 8.83. The summed E-state index contributed by atoms with van der Waals surface area (Å²) in [6.07, 6.45) is 4.60. The van der Waals surface area contributed by atoms with Crippen molar-refractivity contribution in [1.29, 1.82) is 0 Å². The molecule has 1 aliphatic carbocycles.